The Bertz CT molecular complexity index is 545. The van der Waals surface area contributed by atoms with Gasteiger partial charge in [0.2, 0.25) is 0 Å². The lowest BCUT2D eigenvalue weighted by Gasteiger charge is -2.04. The van der Waals surface area contributed by atoms with Crippen LogP contribution in [-0.2, 0) is 11.2 Å². The molecule has 0 aliphatic rings. The van der Waals surface area contributed by atoms with E-state index < -0.39 is 0 Å². The maximum Gasteiger partial charge on any atom is 0.338 e. The fourth-order valence-corrected chi connectivity index (χ4v) is 1.74. The molecule has 0 spiro atoms. The SMILES string of the molecule is CCc1nnc2cc(C(=O)OC)cc(C)n12. The van der Waals surface area contributed by atoms with Crippen molar-refractivity contribution >= 4 is 11.6 Å². The molecule has 84 valence electrons. The van der Waals surface area contributed by atoms with Crippen molar-refractivity contribution in [2.45, 2.75) is 20.3 Å². The van der Waals surface area contributed by atoms with Crippen molar-refractivity contribution in [3.63, 3.8) is 0 Å². The van der Waals surface area contributed by atoms with Gasteiger partial charge in [0.15, 0.2) is 5.65 Å². The van der Waals surface area contributed by atoms with Crippen LogP contribution in [0.3, 0.4) is 0 Å². The lowest BCUT2D eigenvalue weighted by atomic mass is 10.2. The van der Waals surface area contributed by atoms with Crippen molar-refractivity contribution in [3.05, 3.63) is 29.2 Å². The number of carbonyl (C=O) groups excluding carboxylic acids is 1. The van der Waals surface area contributed by atoms with E-state index in [0.29, 0.717) is 11.2 Å². The summed E-state index contributed by atoms with van der Waals surface area (Å²) in [7, 11) is 1.36. The molecule has 2 heterocycles. The Balaban J connectivity index is 2.65. The van der Waals surface area contributed by atoms with Crippen molar-refractivity contribution in [2.24, 2.45) is 0 Å². The first-order chi connectivity index (χ1) is 7.67. The van der Waals surface area contributed by atoms with Crippen molar-refractivity contribution in [2.75, 3.05) is 7.11 Å². The predicted octanol–water partition coefficient (Wildman–Crippen LogP) is 1.39. The van der Waals surface area contributed by atoms with Crippen LogP contribution in [0.1, 0.15) is 28.8 Å². The summed E-state index contributed by atoms with van der Waals surface area (Å²) >= 11 is 0. The van der Waals surface area contributed by atoms with Gasteiger partial charge in [-0.3, -0.25) is 4.40 Å². The zero-order valence-corrected chi connectivity index (χ0v) is 9.52. The molecule has 0 saturated carbocycles. The van der Waals surface area contributed by atoms with Crippen molar-refractivity contribution in [1.29, 1.82) is 0 Å². The number of aromatic nitrogens is 3. The molecule has 2 aromatic heterocycles. The fourth-order valence-electron chi connectivity index (χ4n) is 1.74. The van der Waals surface area contributed by atoms with E-state index in [-0.39, 0.29) is 5.97 Å². The topological polar surface area (TPSA) is 56.5 Å². The first-order valence-corrected chi connectivity index (χ1v) is 5.10. The Kier molecular flexibility index (Phi) is 2.60. The smallest absolute Gasteiger partial charge is 0.338 e. The number of carbonyl (C=O) groups is 1. The summed E-state index contributed by atoms with van der Waals surface area (Å²) < 4.78 is 6.61. The average molecular weight is 219 g/mol. The lowest BCUT2D eigenvalue weighted by Crippen LogP contribution is -2.05. The van der Waals surface area contributed by atoms with Gasteiger partial charge in [-0.05, 0) is 19.1 Å². The van der Waals surface area contributed by atoms with Crippen LogP contribution in [-0.4, -0.2) is 27.7 Å². The van der Waals surface area contributed by atoms with Crippen LogP contribution in [0.4, 0.5) is 0 Å². The summed E-state index contributed by atoms with van der Waals surface area (Å²) in [5, 5.41) is 8.09. The van der Waals surface area contributed by atoms with E-state index in [4.69, 9.17) is 0 Å². The number of esters is 1. The monoisotopic (exact) mass is 219 g/mol. The molecule has 0 atom stereocenters. The van der Waals surface area contributed by atoms with Gasteiger partial charge < -0.3 is 4.74 Å². The molecule has 0 aliphatic heterocycles. The Morgan fingerprint density at radius 2 is 2.19 bits per heavy atom. The summed E-state index contributed by atoms with van der Waals surface area (Å²) in [5.74, 6) is 0.538. The quantitative estimate of drug-likeness (QED) is 0.716. The Hall–Kier alpha value is -1.91. The molecule has 0 aliphatic carbocycles. The van der Waals surface area contributed by atoms with Crippen LogP contribution in [0, 0.1) is 6.92 Å². The number of hydrogen-bond donors (Lipinski definition) is 0. The highest BCUT2D eigenvalue weighted by molar-refractivity contribution is 5.90. The zero-order valence-electron chi connectivity index (χ0n) is 9.52. The van der Waals surface area contributed by atoms with Gasteiger partial charge in [-0.2, -0.15) is 0 Å². The summed E-state index contributed by atoms with van der Waals surface area (Å²) in [6.07, 6.45) is 0.805. The first-order valence-electron chi connectivity index (χ1n) is 5.10. The van der Waals surface area contributed by atoms with E-state index in [1.54, 1.807) is 12.1 Å². The molecule has 0 bridgehead atoms. The van der Waals surface area contributed by atoms with Gasteiger partial charge in [0.05, 0.1) is 12.7 Å². The minimum atomic E-state index is -0.355. The van der Waals surface area contributed by atoms with Crippen molar-refractivity contribution in [1.82, 2.24) is 14.6 Å². The van der Waals surface area contributed by atoms with Gasteiger partial charge in [-0.15, -0.1) is 10.2 Å². The van der Waals surface area contributed by atoms with Crippen LogP contribution < -0.4 is 0 Å². The fraction of sp³-hybridized carbons (Fsp3) is 0.364. The van der Waals surface area contributed by atoms with Crippen molar-refractivity contribution < 1.29 is 9.53 Å². The van der Waals surface area contributed by atoms with E-state index in [2.05, 4.69) is 14.9 Å². The minimum absolute atomic E-state index is 0.355. The van der Waals surface area contributed by atoms with E-state index in [9.17, 15) is 4.79 Å². The van der Waals surface area contributed by atoms with E-state index in [0.717, 1.165) is 17.9 Å². The Morgan fingerprint density at radius 1 is 1.44 bits per heavy atom. The Morgan fingerprint density at radius 3 is 2.81 bits per heavy atom. The third-order valence-electron chi connectivity index (χ3n) is 2.49. The maximum atomic E-state index is 11.4. The van der Waals surface area contributed by atoms with E-state index in [1.807, 2.05) is 18.2 Å². The maximum absolute atomic E-state index is 11.4. The molecule has 5 heteroatoms. The van der Waals surface area contributed by atoms with Gasteiger partial charge in [0, 0.05) is 12.1 Å². The van der Waals surface area contributed by atoms with Crippen LogP contribution >= 0.6 is 0 Å². The van der Waals surface area contributed by atoms with Crippen molar-refractivity contribution in [3.8, 4) is 0 Å². The number of aryl methyl sites for hydroxylation is 2. The molecule has 16 heavy (non-hydrogen) atoms. The molecule has 0 fully saturated rings. The van der Waals surface area contributed by atoms with Crippen LogP contribution in [0.25, 0.3) is 5.65 Å². The second-order valence-electron chi connectivity index (χ2n) is 3.54. The summed E-state index contributed by atoms with van der Waals surface area (Å²) in [4.78, 5) is 11.4. The van der Waals surface area contributed by atoms with Gasteiger partial charge in [-0.25, -0.2) is 4.79 Å². The summed E-state index contributed by atoms with van der Waals surface area (Å²) in [6.45, 7) is 3.94. The van der Waals surface area contributed by atoms with E-state index in [1.165, 1.54) is 7.11 Å². The standard InChI is InChI=1S/C11H13N3O2/c1-4-9-12-13-10-6-8(11(15)16-3)5-7(2)14(9)10/h5-6H,4H2,1-3H3. The molecule has 0 amide bonds. The number of fused-ring (bicyclic) bond motifs is 1. The number of rotatable bonds is 2. The average Bonchev–Trinajstić information content (AvgIpc) is 2.71. The molecular formula is C11H13N3O2. The number of methoxy groups -OCH3 is 1. The predicted molar refractivity (Wildman–Crippen MR) is 58.4 cm³/mol. The van der Waals surface area contributed by atoms with Gasteiger partial charge in [0.25, 0.3) is 0 Å². The highest BCUT2D eigenvalue weighted by Gasteiger charge is 2.12. The molecule has 2 aromatic rings. The molecule has 0 unspecified atom stereocenters. The second-order valence-corrected chi connectivity index (χ2v) is 3.54. The largest absolute Gasteiger partial charge is 0.465 e. The highest BCUT2D eigenvalue weighted by Crippen LogP contribution is 2.13. The van der Waals surface area contributed by atoms with E-state index >= 15 is 0 Å². The lowest BCUT2D eigenvalue weighted by molar-refractivity contribution is 0.0600. The number of pyridine rings is 1. The molecule has 0 saturated heterocycles. The van der Waals surface area contributed by atoms with Crippen LogP contribution in [0.2, 0.25) is 0 Å². The van der Waals surface area contributed by atoms with Gasteiger partial charge in [0.1, 0.15) is 5.82 Å². The molecular weight excluding hydrogens is 206 g/mol. The molecule has 0 radical (unpaired) electrons. The number of ether oxygens (including phenoxy) is 1. The Labute approximate surface area is 93.1 Å². The summed E-state index contributed by atoms with van der Waals surface area (Å²) in [6, 6.07) is 3.46. The van der Waals surface area contributed by atoms with Crippen LogP contribution in [0.5, 0.6) is 0 Å². The normalized spacial score (nSPS) is 10.7. The first kappa shape index (κ1) is 10.6. The van der Waals surface area contributed by atoms with Crippen LogP contribution in [0.15, 0.2) is 12.1 Å². The zero-order chi connectivity index (χ0) is 11.7. The second kappa shape index (κ2) is 3.92. The molecule has 0 N–H and O–H groups in total. The number of hydrogen-bond acceptors (Lipinski definition) is 4. The molecule has 0 aromatic carbocycles. The highest BCUT2D eigenvalue weighted by atomic mass is 16.5. The third kappa shape index (κ3) is 1.54. The van der Waals surface area contributed by atoms with Gasteiger partial charge >= 0.3 is 5.97 Å². The molecule has 5 nitrogen and oxygen atoms in total. The minimum Gasteiger partial charge on any atom is -0.465 e. The summed E-state index contributed by atoms with van der Waals surface area (Å²) in [5.41, 5.74) is 2.11. The third-order valence-corrected chi connectivity index (χ3v) is 2.49. The molecule has 2 rings (SSSR count). The number of nitrogens with zero attached hydrogens (tertiary/aromatic N) is 3. The van der Waals surface area contributed by atoms with Gasteiger partial charge in [-0.1, -0.05) is 6.92 Å².